The number of halogens is 1. The fraction of sp³-hybridized carbons (Fsp3) is 0.409. The predicted octanol–water partition coefficient (Wildman–Crippen LogP) is 4.60. The molecule has 0 bridgehead atoms. The SMILES string of the molecule is O=C(CSc1nc2sc3c(c2c(=O)n1-c1ccc(Cl)cc1)CCCC3)NCC1CC1. The molecule has 30 heavy (non-hydrogen) atoms. The summed E-state index contributed by atoms with van der Waals surface area (Å²) in [5, 5.41) is 4.89. The van der Waals surface area contributed by atoms with Crippen molar-refractivity contribution in [2.45, 2.75) is 43.7 Å². The minimum absolute atomic E-state index is 0.0191. The van der Waals surface area contributed by atoms with Crippen LogP contribution in [0.1, 0.15) is 36.1 Å². The summed E-state index contributed by atoms with van der Waals surface area (Å²) in [6.07, 6.45) is 6.62. The molecular formula is C22H22ClN3O2S2. The third-order valence-electron chi connectivity index (χ3n) is 5.66. The number of nitrogens with zero attached hydrogens (tertiary/aromatic N) is 2. The van der Waals surface area contributed by atoms with Crippen LogP contribution >= 0.6 is 34.7 Å². The molecule has 1 amide bonds. The van der Waals surface area contributed by atoms with Gasteiger partial charge in [0.15, 0.2) is 5.16 Å². The van der Waals surface area contributed by atoms with Crippen LogP contribution < -0.4 is 10.9 Å². The van der Waals surface area contributed by atoms with Gasteiger partial charge in [-0.3, -0.25) is 14.2 Å². The quantitative estimate of drug-likeness (QED) is 0.432. The molecule has 0 unspecified atom stereocenters. The van der Waals surface area contributed by atoms with Crippen LogP contribution in [0, 0.1) is 5.92 Å². The van der Waals surface area contributed by atoms with Gasteiger partial charge in [-0.25, -0.2) is 4.98 Å². The first-order valence-electron chi connectivity index (χ1n) is 10.3. The summed E-state index contributed by atoms with van der Waals surface area (Å²) >= 11 is 9.01. The first-order chi connectivity index (χ1) is 14.6. The molecule has 1 N–H and O–H groups in total. The molecule has 1 saturated carbocycles. The Morgan fingerprint density at radius 3 is 2.77 bits per heavy atom. The molecule has 2 aliphatic carbocycles. The van der Waals surface area contributed by atoms with Crippen LogP contribution in [-0.2, 0) is 17.6 Å². The molecule has 8 heteroatoms. The van der Waals surface area contributed by atoms with E-state index >= 15 is 0 Å². The van der Waals surface area contributed by atoms with Crippen LogP contribution in [0.25, 0.3) is 15.9 Å². The standard InChI is InChI=1S/C22H22ClN3O2S2/c23-14-7-9-15(10-8-14)26-21(28)19-16-3-1-2-4-17(16)30-20(19)25-22(26)29-12-18(27)24-11-13-5-6-13/h7-10,13H,1-6,11-12H2,(H,24,27). The molecule has 156 valence electrons. The lowest BCUT2D eigenvalue weighted by Crippen LogP contribution is -2.28. The number of fused-ring (bicyclic) bond motifs is 3. The average molecular weight is 460 g/mol. The zero-order valence-corrected chi connectivity index (χ0v) is 18.8. The van der Waals surface area contributed by atoms with Gasteiger partial charge in [0.2, 0.25) is 5.91 Å². The lowest BCUT2D eigenvalue weighted by molar-refractivity contribution is -0.118. The minimum atomic E-state index is -0.0531. The second kappa shape index (κ2) is 8.36. The fourth-order valence-electron chi connectivity index (χ4n) is 3.86. The van der Waals surface area contributed by atoms with Gasteiger partial charge in [-0.2, -0.15) is 0 Å². The van der Waals surface area contributed by atoms with E-state index in [0.29, 0.717) is 16.1 Å². The molecule has 0 atom stereocenters. The number of aromatic nitrogens is 2. The monoisotopic (exact) mass is 459 g/mol. The summed E-state index contributed by atoms with van der Waals surface area (Å²) in [6, 6.07) is 7.20. The lowest BCUT2D eigenvalue weighted by atomic mass is 9.97. The number of carbonyl (C=O) groups excluding carboxylic acids is 1. The molecule has 0 spiro atoms. The third kappa shape index (κ3) is 4.03. The lowest BCUT2D eigenvalue weighted by Gasteiger charge is -2.13. The minimum Gasteiger partial charge on any atom is -0.355 e. The highest BCUT2D eigenvalue weighted by Crippen LogP contribution is 2.35. The van der Waals surface area contributed by atoms with Crippen molar-refractivity contribution in [2.24, 2.45) is 5.92 Å². The Bertz CT molecular complexity index is 1170. The number of thiophene rings is 1. The van der Waals surface area contributed by atoms with Crippen molar-refractivity contribution in [2.75, 3.05) is 12.3 Å². The second-order valence-corrected chi connectivity index (χ2v) is 10.4. The third-order valence-corrected chi connectivity index (χ3v) is 8.04. The number of rotatable bonds is 6. The zero-order valence-electron chi connectivity index (χ0n) is 16.4. The molecule has 2 heterocycles. The Labute approximate surface area is 187 Å². The van der Waals surface area contributed by atoms with E-state index in [1.165, 1.54) is 35.0 Å². The summed E-state index contributed by atoms with van der Waals surface area (Å²) < 4.78 is 1.64. The van der Waals surface area contributed by atoms with Crippen LogP contribution in [0.4, 0.5) is 0 Å². The van der Waals surface area contributed by atoms with Crippen molar-refractivity contribution in [3.63, 3.8) is 0 Å². The second-order valence-electron chi connectivity index (χ2n) is 7.94. The maximum Gasteiger partial charge on any atom is 0.267 e. The normalized spacial score (nSPS) is 15.9. The first-order valence-corrected chi connectivity index (χ1v) is 12.5. The Morgan fingerprint density at radius 2 is 2.00 bits per heavy atom. The van der Waals surface area contributed by atoms with Crippen molar-refractivity contribution in [1.82, 2.24) is 14.9 Å². The zero-order chi connectivity index (χ0) is 20.7. The largest absolute Gasteiger partial charge is 0.355 e. The fourth-order valence-corrected chi connectivity index (χ4v) is 6.13. The summed E-state index contributed by atoms with van der Waals surface area (Å²) in [5.41, 5.74) is 1.83. The molecule has 1 aromatic carbocycles. The van der Waals surface area contributed by atoms with Gasteiger partial charge in [0.25, 0.3) is 5.56 Å². The van der Waals surface area contributed by atoms with Crippen molar-refractivity contribution in [1.29, 1.82) is 0 Å². The Balaban J connectivity index is 1.54. The molecule has 5 nitrogen and oxygen atoms in total. The molecule has 5 rings (SSSR count). The first kappa shape index (κ1) is 20.1. The smallest absolute Gasteiger partial charge is 0.267 e. The van der Waals surface area contributed by atoms with Crippen molar-refractivity contribution < 1.29 is 4.79 Å². The van der Waals surface area contributed by atoms with E-state index < -0.39 is 0 Å². The topological polar surface area (TPSA) is 64.0 Å². The molecule has 0 saturated heterocycles. The molecular weight excluding hydrogens is 438 g/mol. The van der Waals surface area contributed by atoms with Gasteiger partial charge in [0, 0.05) is 16.4 Å². The number of aryl methyl sites for hydroxylation is 2. The number of carbonyl (C=O) groups is 1. The van der Waals surface area contributed by atoms with Gasteiger partial charge in [-0.15, -0.1) is 11.3 Å². The van der Waals surface area contributed by atoms with Crippen molar-refractivity contribution in [3.8, 4) is 5.69 Å². The van der Waals surface area contributed by atoms with Gasteiger partial charge >= 0.3 is 0 Å². The number of nitrogens with one attached hydrogen (secondary N) is 1. The van der Waals surface area contributed by atoms with Crippen molar-refractivity contribution >= 4 is 50.8 Å². The maximum absolute atomic E-state index is 13.6. The number of hydrogen-bond acceptors (Lipinski definition) is 5. The van der Waals surface area contributed by atoms with Gasteiger partial charge < -0.3 is 5.32 Å². The summed E-state index contributed by atoms with van der Waals surface area (Å²) in [5.74, 6) is 0.857. The van der Waals surface area contributed by atoms with Gasteiger partial charge in [0.05, 0.1) is 16.8 Å². The van der Waals surface area contributed by atoms with Crippen LogP contribution in [0.2, 0.25) is 5.02 Å². The molecule has 0 aliphatic heterocycles. The summed E-state index contributed by atoms with van der Waals surface area (Å²) in [6.45, 7) is 0.744. The number of benzene rings is 1. The van der Waals surface area contributed by atoms with Crippen LogP contribution in [0.3, 0.4) is 0 Å². The Morgan fingerprint density at radius 1 is 1.23 bits per heavy atom. The molecule has 0 radical (unpaired) electrons. The van der Waals surface area contributed by atoms with Gasteiger partial charge in [-0.05, 0) is 74.3 Å². The average Bonchev–Trinajstić information content (AvgIpc) is 3.50. The highest BCUT2D eigenvalue weighted by Gasteiger charge is 2.24. The van der Waals surface area contributed by atoms with E-state index in [-0.39, 0.29) is 17.2 Å². The van der Waals surface area contributed by atoms with E-state index in [4.69, 9.17) is 16.6 Å². The van der Waals surface area contributed by atoms with E-state index in [1.54, 1.807) is 28.0 Å². The van der Waals surface area contributed by atoms with Crippen LogP contribution in [-0.4, -0.2) is 27.8 Å². The summed E-state index contributed by atoms with van der Waals surface area (Å²) in [7, 11) is 0. The number of hydrogen-bond donors (Lipinski definition) is 1. The van der Waals surface area contributed by atoms with Crippen molar-refractivity contribution in [3.05, 3.63) is 50.1 Å². The van der Waals surface area contributed by atoms with Gasteiger partial charge in [0.1, 0.15) is 4.83 Å². The number of amides is 1. The molecule has 1 fully saturated rings. The maximum atomic E-state index is 13.6. The molecule has 3 aromatic rings. The molecule has 2 aromatic heterocycles. The molecule has 2 aliphatic rings. The highest BCUT2D eigenvalue weighted by atomic mass is 35.5. The Hall–Kier alpha value is -1.83. The predicted molar refractivity (Wildman–Crippen MR) is 123 cm³/mol. The number of thioether (sulfide) groups is 1. The Kier molecular flexibility index (Phi) is 5.60. The van der Waals surface area contributed by atoms with E-state index in [0.717, 1.165) is 48.1 Å². The van der Waals surface area contributed by atoms with E-state index in [9.17, 15) is 9.59 Å². The van der Waals surface area contributed by atoms with Crippen LogP contribution in [0.5, 0.6) is 0 Å². The highest BCUT2D eigenvalue weighted by molar-refractivity contribution is 7.99. The van der Waals surface area contributed by atoms with E-state index in [2.05, 4.69) is 5.32 Å². The van der Waals surface area contributed by atoms with Gasteiger partial charge in [-0.1, -0.05) is 23.4 Å². The van der Waals surface area contributed by atoms with E-state index in [1.807, 2.05) is 12.1 Å². The summed E-state index contributed by atoms with van der Waals surface area (Å²) in [4.78, 5) is 32.8. The van der Waals surface area contributed by atoms with Crippen LogP contribution in [0.15, 0.2) is 34.2 Å².